The lowest BCUT2D eigenvalue weighted by atomic mass is 9.97. The number of Topliss-reactive ketones (excluding diaryl/α,β-unsaturated/α-hetero) is 1. The van der Waals surface area contributed by atoms with E-state index in [9.17, 15) is 9.59 Å². The molecule has 2 aromatic rings. The minimum Gasteiger partial charge on any atom is -0.478 e. The van der Waals surface area contributed by atoms with Gasteiger partial charge in [0, 0.05) is 17.2 Å². The van der Waals surface area contributed by atoms with E-state index < -0.39 is 5.97 Å². The Balaban J connectivity index is 2.17. The Hall–Kier alpha value is -2.94. The van der Waals surface area contributed by atoms with Gasteiger partial charge < -0.3 is 5.11 Å². The maximum Gasteiger partial charge on any atom is 0.328 e. The van der Waals surface area contributed by atoms with Gasteiger partial charge in [-0.25, -0.2) is 4.79 Å². The van der Waals surface area contributed by atoms with E-state index in [0.29, 0.717) is 11.1 Å². The summed E-state index contributed by atoms with van der Waals surface area (Å²) in [6.45, 7) is 3.84. The largest absolute Gasteiger partial charge is 0.478 e. The normalized spacial score (nSPS) is 10.5. The molecule has 0 aliphatic carbocycles. The van der Waals surface area contributed by atoms with Gasteiger partial charge in [0.1, 0.15) is 0 Å². The number of carboxylic acids is 1. The molecule has 0 aliphatic rings. The lowest BCUT2D eigenvalue weighted by molar-refractivity contribution is -0.131. The van der Waals surface area contributed by atoms with Crippen molar-refractivity contribution in [2.75, 3.05) is 0 Å². The molecule has 0 amide bonds. The molecule has 3 heteroatoms. The highest BCUT2D eigenvalue weighted by molar-refractivity contribution is 6.28. The third kappa shape index (κ3) is 3.76. The summed E-state index contributed by atoms with van der Waals surface area (Å²) >= 11 is 0. The van der Waals surface area contributed by atoms with Gasteiger partial charge in [-0.05, 0) is 17.2 Å². The molecule has 3 nitrogen and oxygen atoms in total. The zero-order valence-corrected chi connectivity index (χ0v) is 11.3. The molecule has 104 valence electrons. The SMILES string of the molecule is C=C(C(=O)c1ccc(C=CC(=O)O)cc1)c1ccccc1. The maximum absolute atomic E-state index is 12.3. The van der Waals surface area contributed by atoms with Gasteiger partial charge >= 0.3 is 5.97 Å². The Kier molecular flexibility index (Phi) is 4.46. The van der Waals surface area contributed by atoms with Gasteiger partial charge in [-0.1, -0.05) is 61.2 Å². The van der Waals surface area contributed by atoms with E-state index in [1.54, 1.807) is 24.3 Å². The van der Waals surface area contributed by atoms with Gasteiger partial charge in [-0.15, -0.1) is 0 Å². The van der Waals surface area contributed by atoms with Crippen molar-refractivity contribution < 1.29 is 14.7 Å². The summed E-state index contributed by atoms with van der Waals surface area (Å²) in [5.74, 6) is -1.15. The predicted octanol–water partition coefficient (Wildman–Crippen LogP) is 3.68. The van der Waals surface area contributed by atoms with Gasteiger partial charge in [0.05, 0.1) is 0 Å². The van der Waals surface area contributed by atoms with Crippen LogP contribution in [0.15, 0.2) is 67.3 Å². The number of hydrogen-bond acceptors (Lipinski definition) is 2. The zero-order valence-electron chi connectivity index (χ0n) is 11.3. The molecule has 2 rings (SSSR count). The molecule has 0 aliphatic heterocycles. The van der Waals surface area contributed by atoms with Crippen LogP contribution in [0.1, 0.15) is 21.5 Å². The fourth-order valence-electron chi connectivity index (χ4n) is 1.86. The molecule has 0 saturated heterocycles. The Morgan fingerprint density at radius 1 is 0.905 bits per heavy atom. The van der Waals surface area contributed by atoms with Gasteiger partial charge in [0.25, 0.3) is 0 Å². The van der Waals surface area contributed by atoms with Crippen LogP contribution in [0.2, 0.25) is 0 Å². The average molecular weight is 278 g/mol. The van der Waals surface area contributed by atoms with Crippen LogP contribution in [0.5, 0.6) is 0 Å². The molecule has 0 spiro atoms. The van der Waals surface area contributed by atoms with Crippen molar-refractivity contribution in [3.05, 3.63) is 83.9 Å². The molecule has 0 bridgehead atoms. The van der Waals surface area contributed by atoms with Crippen LogP contribution in [0.3, 0.4) is 0 Å². The van der Waals surface area contributed by atoms with E-state index >= 15 is 0 Å². The molecular weight excluding hydrogens is 264 g/mol. The highest BCUT2D eigenvalue weighted by atomic mass is 16.4. The molecule has 21 heavy (non-hydrogen) atoms. The van der Waals surface area contributed by atoms with Crippen LogP contribution in [-0.4, -0.2) is 16.9 Å². The second-order valence-electron chi connectivity index (χ2n) is 4.47. The fourth-order valence-corrected chi connectivity index (χ4v) is 1.86. The molecule has 0 heterocycles. The summed E-state index contributed by atoms with van der Waals surface area (Å²) in [6, 6.07) is 16.0. The first-order valence-corrected chi connectivity index (χ1v) is 6.38. The van der Waals surface area contributed by atoms with Crippen LogP contribution in [0, 0.1) is 0 Å². The van der Waals surface area contributed by atoms with Crippen molar-refractivity contribution >= 4 is 23.4 Å². The summed E-state index contributed by atoms with van der Waals surface area (Å²) in [5, 5.41) is 8.56. The molecule has 0 unspecified atom stereocenters. The van der Waals surface area contributed by atoms with E-state index in [2.05, 4.69) is 6.58 Å². The predicted molar refractivity (Wildman–Crippen MR) is 82.9 cm³/mol. The molecule has 0 aromatic heterocycles. The highest BCUT2D eigenvalue weighted by Gasteiger charge is 2.11. The quantitative estimate of drug-likeness (QED) is 0.670. The van der Waals surface area contributed by atoms with Crippen LogP contribution in [0.4, 0.5) is 0 Å². The standard InChI is InChI=1S/C18H14O3/c1-13(15-5-3-2-4-6-15)18(21)16-10-7-14(8-11-16)9-12-17(19)20/h2-12H,1H2,(H,19,20). The molecule has 2 aromatic carbocycles. The van der Waals surface area contributed by atoms with E-state index in [-0.39, 0.29) is 5.78 Å². The summed E-state index contributed by atoms with van der Waals surface area (Å²) in [7, 11) is 0. The number of carbonyl (C=O) groups excluding carboxylic acids is 1. The Bertz CT molecular complexity index is 695. The number of allylic oxidation sites excluding steroid dienone is 1. The molecule has 0 fully saturated rings. The molecule has 0 atom stereocenters. The number of carbonyl (C=O) groups is 2. The van der Waals surface area contributed by atoms with E-state index in [0.717, 1.165) is 17.2 Å². The van der Waals surface area contributed by atoms with Crippen LogP contribution < -0.4 is 0 Å². The van der Waals surface area contributed by atoms with E-state index in [1.165, 1.54) is 6.08 Å². The number of rotatable bonds is 5. The van der Waals surface area contributed by atoms with E-state index in [1.807, 2.05) is 30.3 Å². The first-order chi connectivity index (χ1) is 10.1. The zero-order chi connectivity index (χ0) is 15.2. The topological polar surface area (TPSA) is 54.4 Å². The van der Waals surface area contributed by atoms with Crippen molar-refractivity contribution in [3.63, 3.8) is 0 Å². The summed E-state index contributed by atoms with van der Waals surface area (Å²) in [5.41, 5.74) is 2.47. The fraction of sp³-hybridized carbons (Fsp3) is 0. The molecule has 0 saturated carbocycles. The third-order valence-corrected chi connectivity index (χ3v) is 2.99. The van der Waals surface area contributed by atoms with Gasteiger partial charge in [-0.2, -0.15) is 0 Å². The summed E-state index contributed by atoms with van der Waals surface area (Å²) in [4.78, 5) is 22.8. The van der Waals surface area contributed by atoms with Crippen molar-refractivity contribution in [2.24, 2.45) is 0 Å². The average Bonchev–Trinajstić information content (AvgIpc) is 2.53. The van der Waals surface area contributed by atoms with Crippen LogP contribution in [0.25, 0.3) is 11.6 Å². The Labute approximate surface area is 122 Å². The summed E-state index contributed by atoms with van der Waals surface area (Å²) < 4.78 is 0. The highest BCUT2D eigenvalue weighted by Crippen LogP contribution is 2.18. The number of hydrogen-bond donors (Lipinski definition) is 1. The van der Waals surface area contributed by atoms with Crippen molar-refractivity contribution in [1.29, 1.82) is 0 Å². The number of ketones is 1. The maximum atomic E-state index is 12.3. The van der Waals surface area contributed by atoms with Crippen molar-refractivity contribution in [2.45, 2.75) is 0 Å². The number of carboxylic acid groups (broad SMARTS) is 1. The molecular formula is C18H14O3. The monoisotopic (exact) mass is 278 g/mol. The Morgan fingerprint density at radius 3 is 2.10 bits per heavy atom. The molecule has 0 radical (unpaired) electrons. The van der Waals surface area contributed by atoms with Crippen molar-refractivity contribution in [3.8, 4) is 0 Å². The smallest absolute Gasteiger partial charge is 0.328 e. The lowest BCUT2D eigenvalue weighted by Gasteiger charge is -2.05. The second-order valence-corrected chi connectivity index (χ2v) is 4.47. The first-order valence-electron chi connectivity index (χ1n) is 6.38. The van der Waals surface area contributed by atoms with Gasteiger partial charge in [-0.3, -0.25) is 4.79 Å². The minimum atomic E-state index is -1.01. The molecule has 1 N–H and O–H groups in total. The minimum absolute atomic E-state index is 0.144. The van der Waals surface area contributed by atoms with Crippen molar-refractivity contribution in [1.82, 2.24) is 0 Å². The van der Waals surface area contributed by atoms with E-state index in [4.69, 9.17) is 5.11 Å². The van der Waals surface area contributed by atoms with Crippen LogP contribution >= 0.6 is 0 Å². The summed E-state index contributed by atoms with van der Waals surface area (Å²) in [6.07, 6.45) is 2.53. The lowest BCUT2D eigenvalue weighted by Crippen LogP contribution is -2.01. The van der Waals surface area contributed by atoms with Gasteiger partial charge in [0.2, 0.25) is 0 Å². The Morgan fingerprint density at radius 2 is 1.52 bits per heavy atom. The number of benzene rings is 2. The third-order valence-electron chi connectivity index (χ3n) is 2.99. The number of aliphatic carboxylic acids is 1. The van der Waals surface area contributed by atoms with Gasteiger partial charge in [0.15, 0.2) is 5.78 Å². The second kappa shape index (κ2) is 6.48. The van der Waals surface area contributed by atoms with Crippen LogP contribution in [-0.2, 0) is 4.79 Å². The first kappa shape index (κ1) is 14.5.